The van der Waals surface area contributed by atoms with Gasteiger partial charge < -0.3 is 10.4 Å². The summed E-state index contributed by atoms with van der Waals surface area (Å²) in [5.41, 5.74) is 0.439. The second kappa shape index (κ2) is 7.49. The van der Waals surface area contributed by atoms with E-state index in [4.69, 9.17) is 5.11 Å². The number of carboxylic acid groups (broad SMARTS) is 1. The molecule has 1 atom stereocenters. The molecule has 0 bridgehead atoms. The molecular weight excluding hydrogens is 304 g/mol. The van der Waals surface area contributed by atoms with Crippen LogP contribution in [0.15, 0.2) is 54.6 Å². The van der Waals surface area contributed by atoms with Crippen molar-refractivity contribution in [2.24, 2.45) is 0 Å². The van der Waals surface area contributed by atoms with Crippen molar-refractivity contribution in [3.05, 3.63) is 71.3 Å². The number of carbonyl (C=O) groups is 2. The monoisotopic (exact) mass is 319 g/mol. The fraction of sp³-hybridized carbons (Fsp3) is 0.176. The summed E-state index contributed by atoms with van der Waals surface area (Å²) in [6.07, 6.45) is -2.98. The zero-order valence-electron chi connectivity index (χ0n) is 12.1. The average molecular weight is 319 g/mol. The molecular formula is C17H15F2NO3. The Labute approximate surface area is 131 Å². The molecule has 0 aliphatic rings. The van der Waals surface area contributed by atoms with Gasteiger partial charge in [-0.3, -0.25) is 9.59 Å². The van der Waals surface area contributed by atoms with Gasteiger partial charge in [0.15, 0.2) is 0 Å². The van der Waals surface area contributed by atoms with Crippen molar-refractivity contribution in [3.63, 3.8) is 0 Å². The quantitative estimate of drug-likeness (QED) is 0.855. The van der Waals surface area contributed by atoms with Crippen LogP contribution in [0.25, 0.3) is 0 Å². The van der Waals surface area contributed by atoms with E-state index in [0.29, 0.717) is 5.56 Å². The molecule has 0 saturated carbocycles. The van der Waals surface area contributed by atoms with E-state index >= 15 is 0 Å². The van der Waals surface area contributed by atoms with Crippen LogP contribution in [-0.4, -0.2) is 17.0 Å². The molecule has 0 heterocycles. The first kappa shape index (κ1) is 16.6. The number of amides is 1. The molecule has 0 fully saturated rings. The minimum Gasteiger partial charge on any atom is -0.481 e. The summed E-state index contributed by atoms with van der Waals surface area (Å²) in [5, 5.41) is 11.6. The Morgan fingerprint density at radius 2 is 1.65 bits per heavy atom. The van der Waals surface area contributed by atoms with Gasteiger partial charge in [-0.1, -0.05) is 42.5 Å². The zero-order valence-corrected chi connectivity index (χ0v) is 12.1. The Hall–Kier alpha value is -2.76. The molecule has 2 aromatic carbocycles. The SMILES string of the molecule is O=C(O)CC(NC(=O)c1cccc(C(F)F)c1)c1ccccc1. The first-order valence-electron chi connectivity index (χ1n) is 6.93. The number of nitrogens with one attached hydrogen (secondary N) is 1. The van der Waals surface area contributed by atoms with Gasteiger partial charge in [0.1, 0.15) is 0 Å². The minimum atomic E-state index is -2.67. The summed E-state index contributed by atoms with van der Waals surface area (Å²) in [6.45, 7) is 0. The first-order valence-corrected chi connectivity index (χ1v) is 6.93. The van der Waals surface area contributed by atoms with E-state index in [1.165, 1.54) is 18.2 Å². The number of hydrogen-bond acceptors (Lipinski definition) is 2. The Bertz CT molecular complexity index is 689. The molecule has 2 aromatic rings. The number of carbonyl (C=O) groups excluding carboxylic acids is 1. The van der Waals surface area contributed by atoms with Crippen molar-refractivity contribution in [1.82, 2.24) is 5.32 Å². The van der Waals surface area contributed by atoms with Crippen LogP contribution in [0.1, 0.15) is 40.4 Å². The largest absolute Gasteiger partial charge is 0.481 e. The van der Waals surface area contributed by atoms with Crippen LogP contribution in [0.5, 0.6) is 0 Å². The molecule has 0 spiro atoms. The van der Waals surface area contributed by atoms with Gasteiger partial charge in [-0.2, -0.15) is 0 Å². The van der Waals surface area contributed by atoms with E-state index in [0.717, 1.165) is 6.07 Å². The van der Waals surface area contributed by atoms with Crippen LogP contribution < -0.4 is 5.32 Å². The van der Waals surface area contributed by atoms with E-state index in [1.807, 2.05) is 0 Å². The first-order chi connectivity index (χ1) is 11.0. The number of rotatable bonds is 6. The molecule has 2 N–H and O–H groups in total. The minimum absolute atomic E-state index is 0.0640. The third-order valence-corrected chi connectivity index (χ3v) is 3.29. The molecule has 0 aliphatic carbocycles. The van der Waals surface area contributed by atoms with Gasteiger partial charge >= 0.3 is 5.97 Å². The summed E-state index contributed by atoms with van der Waals surface area (Å²) >= 11 is 0. The maximum atomic E-state index is 12.7. The lowest BCUT2D eigenvalue weighted by molar-refractivity contribution is -0.137. The maximum absolute atomic E-state index is 12.7. The van der Waals surface area contributed by atoms with Crippen LogP contribution in [0.3, 0.4) is 0 Å². The summed E-state index contributed by atoms with van der Waals surface area (Å²) in [6, 6.07) is 13.0. The molecule has 0 aromatic heterocycles. The van der Waals surface area contributed by atoms with Crippen molar-refractivity contribution < 1.29 is 23.5 Å². The summed E-state index contributed by atoms with van der Waals surface area (Å²) < 4.78 is 25.4. The van der Waals surface area contributed by atoms with Crippen molar-refractivity contribution in [2.75, 3.05) is 0 Å². The molecule has 23 heavy (non-hydrogen) atoms. The van der Waals surface area contributed by atoms with Gasteiger partial charge in [0.05, 0.1) is 12.5 Å². The van der Waals surface area contributed by atoms with Crippen molar-refractivity contribution in [2.45, 2.75) is 18.9 Å². The summed E-state index contributed by atoms with van der Waals surface area (Å²) in [4.78, 5) is 23.2. The van der Waals surface area contributed by atoms with E-state index in [1.54, 1.807) is 30.3 Å². The molecule has 0 saturated heterocycles. The lowest BCUT2D eigenvalue weighted by Gasteiger charge is -2.17. The van der Waals surface area contributed by atoms with Crippen molar-refractivity contribution in [1.29, 1.82) is 0 Å². The van der Waals surface area contributed by atoms with E-state index in [9.17, 15) is 18.4 Å². The Balaban J connectivity index is 2.20. The second-order valence-electron chi connectivity index (χ2n) is 4.96. The zero-order chi connectivity index (χ0) is 16.8. The highest BCUT2D eigenvalue weighted by atomic mass is 19.3. The number of halogens is 2. The Morgan fingerprint density at radius 3 is 2.26 bits per heavy atom. The third-order valence-electron chi connectivity index (χ3n) is 3.29. The standard InChI is InChI=1S/C17H15F2NO3/c18-16(19)12-7-4-8-13(9-12)17(23)20-14(10-15(21)22)11-5-2-1-3-6-11/h1-9,14,16H,10H2,(H,20,23)(H,21,22). The van der Waals surface area contributed by atoms with Crippen LogP contribution in [0.4, 0.5) is 8.78 Å². The molecule has 0 radical (unpaired) electrons. The molecule has 2 rings (SSSR count). The van der Waals surface area contributed by atoms with Gasteiger partial charge in [-0.25, -0.2) is 8.78 Å². The lowest BCUT2D eigenvalue weighted by Crippen LogP contribution is -2.30. The molecule has 1 unspecified atom stereocenters. The third kappa shape index (κ3) is 4.60. The normalized spacial score (nSPS) is 12.0. The van der Waals surface area contributed by atoms with Gasteiger partial charge in [-0.15, -0.1) is 0 Å². The second-order valence-corrected chi connectivity index (χ2v) is 4.96. The van der Waals surface area contributed by atoms with Gasteiger partial charge in [0, 0.05) is 11.1 Å². The van der Waals surface area contributed by atoms with E-state index in [-0.39, 0.29) is 17.5 Å². The predicted molar refractivity (Wildman–Crippen MR) is 80.3 cm³/mol. The highest BCUT2D eigenvalue weighted by Crippen LogP contribution is 2.21. The number of hydrogen-bond donors (Lipinski definition) is 2. The van der Waals surface area contributed by atoms with E-state index in [2.05, 4.69) is 5.32 Å². The predicted octanol–water partition coefficient (Wildman–Crippen LogP) is 3.57. The molecule has 4 nitrogen and oxygen atoms in total. The van der Waals surface area contributed by atoms with Crippen molar-refractivity contribution >= 4 is 11.9 Å². The maximum Gasteiger partial charge on any atom is 0.305 e. The van der Waals surface area contributed by atoms with Gasteiger partial charge in [0.25, 0.3) is 12.3 Å². The van der Waals surface area contributed by atoms with Crippen LogP contribution in [0.2, 0.25) is 0 Å². The van der Waals surface area contributed by atoms with Gasteiger partial charge in [-0.05, 0) is 17.7 Å². The highest BCUT2D eigenvalue weighted by molar-refractivity contribution is 5.94. The Morgan fingerprint density at radius 1 is 1.00 bits per heavy atom. The number of benzene rings is 2. The lowest BCUT2D eigenvalue weighted by atomic mass is 10.0. The van der Waals surface area contributed by atoms with E-state index < -0.39 is 24.3 Å². The summed E-state index contributed by atoms with van der Waals surface area (Å²) in [7, 11) is 0. The highest BCUT2D eigenvalue weighted by Gasteiger charge is 2.19. The molecule has 1 amide bonds. The van der Waals surface area contributed by atoms with Crippen LogP contribution in [-0.2, 0) is 4.79 Å². The topological polar surface area (TPSA) is 66.4 Å². The number of aliphatic carboxylic acids is 1. The summed E-state index contributed by atoms with van der Waals surface area (Å²) in [5.74, 6) is -1.66. The fourth-order valence-electron chi connectivity index (χ4n) is 2.17. The van der Waals surface area contributed by atoms with Crippen molar-refractivity contribution in [3.8, 4) is 0 Å². The molecule has 120 valence electrons. The molecule has 6 heteroatoms. The molecule has 0 aliphatic heterocycles. The number of alkyl halides is 2. The number of carboxylic acids is 1. The average Bonchev–Trinajstić information content (AvgIpc) is 2.54. The van der Waals surface area contributed by atoms with Gasteiger partial charge in [0.2, 0.25) is 0 Å². The van der Waals surface area contributed by atoms with Crippen LogP contribution >= 0.6 is 0 Å². The fourth-order valence-corrected chi connectivity index (χ4v) is 2.17. The van der Waals surface area contributed by atoms with Crippen LogP contribution in [0, 0.1) is 0 Å². The Kier molecular flexibility index (Phi) is 5.41. The smallest absolute Gasteiger partial charge is 0.305 e.